The number of nitrogens with one attached hydrogen (secondary N) is 1. The maximum atomic E-state index is 13.1. The molecule has 2 rings (SSSR count). The number of amides is 1. The van der Waals surface area contributed by atoms with Gasteiger partial charge in [0, 0.05) is 0 Å². The van der Waals surface area contributed by atoms with E-state index >= 15 is 0 Å². The number of carboxylic acids is 2. The van der Waals surface area contributed by atoms with Crippen molar-refractivity contribution in [3.05, 3.63) is 24.3 Å². The number of hydrogen-bond donors (Lipinski definition) is 3. The number of para-hydroxylation sites is 2. The number of fused-ring (bicyclic) bond motifs is 1. The van der Waals surface area contributed by atoms with Gasteiger partial charge in [0.2, 0.25) is 5.91 Å². The van der Waals surface area contributed by atoms with Gasteiger partial charge in [-0.15, -0.1) is 0 Å². The van der Waals surface area contributed by atoms with E-state index in [1.165, 1.54) is 0 Å². The Morgan fingerprint density at radius 3 is 2.47 bits per heavy atom. The second-order valence-electron chi connectivity index (χ2n) is 8.04. The van der Waals surface area contributed by atoms with Crippen molar-refractivity contribution in [2.45, 2.75) is 58.0 Å². The van der Waals surface area contributed by atoms with Gasteiger partial charge in [0.05, 0.1) is 5.69 Å². The molecule has 0 aromatic heterocycles. The molecule has 0 bridgehead atoms. The molecular weight excluding hydrogens is 414 g/mol. The third-order valence-corrected chi connectivity index (χ3v) is 5.42. The van der Waals surface area contributed by atoms with Crippen molar-refractivity contribution in [3.8, 4) is 5.75 Å². The Hall–Kier alpha value is -2.65. The molecule has 1 aromatic carbocycles. The van der Waals surface area contributed by atoms with Crippen LogP contribution in [0, 0.1) is 0 Å². The number of aliphatic carboxylic acids is 2. The SMILES string of the molecule is CCCN(CCC)CCCCC(N[C@H]1COc2ccccc2N(CC(=O)O)C1=O)C(=O)O. The van der Waals surface area contributed by atoms with Gasteiger partial charge in [-0.3, -0.25) is 24.6 Å². The summed E-state index contributed by atoms with van der Waals surface area (Å²) in [6, 6.07) is 4.82. The van der Waals surface area contributed by atoms with Crippen LogP contribution in [0.15, 0.2) is 24.3 Å². The maximum absolute atomic E-state index is 13.1. The van der Waals surface area contributed by atoms with Gasteiger partial charge in [0.15, 0.2) is 0 Å². The summed E-state index contributed by atoms with van der Waals surface area (Å²) >= 11 is 0. The van der Waals surface area contributed by atoms with Crippen molar-refractivity contribution in [2.24, 2.45) is 0 Å². The van der Waals surface area contributed by atoms with Crippen LogP contribution < -0.4 is 15.0 Å². The number of carbonyl (C=O) groups is 3. The summed E-state index contributed by atoms with van der Waals surface area (Å²) in [5, 5.41) is 21.9. The largest absolute Gasteiger partial charge is 0.489 e. The molecule has 1 amide bonds. The lowest BCUT2D eigenvalue weighted by molar-refractivity contribution is -0.141. The van der Waals surface area contributed by atoms with Crippen LogP contribution in [0.25, 0.3) is 0 Å². The van der Waals surface area contributed by atoms with E-state index in [0.29, 0.717) is 24.3 Å². The molecule has 0 aliphatic carbocycles. The summed E-state index contributed by atoms with van der Waals surface area (Å²) in [7, 11) is 0. The smallest absolute Gasteiger partial charge is 0.323 e. The van der Waals surface area contributed by atoms with Gasteiger partial charge in [0.25, 0.3) is 0 Å². The molecule has 9 nitrogen and oxygen atoms in total. The minimum atomic E-state index is -1.16. The van der Waals surface area contributed by atoms with Crippen molar-refractivity contribution >= 4 is 23.5 Å². The van der Waals surface area contributed by atoms with Crippen molar-refractivity contribution in [2.75, 3.05) is 37.7 Å². The Morgan fingerprint density at radius 2 is 1.84 bits per heavy atom. The van der Waals surface area contributed by atoms with Crippen molar-refractivity contribution in [3.63, 3.8) is 0 Å². The van der Waals surface area contributed by atoms with Crippen LogP contribution in [0.2, 0.25) is 0 Å². The van der Waals surface area contributed by atoms with Crippen molar-refractivity contribution in [1.82, 2.24) is 10.2 Å². The Bertz CT molecular complexity index is 766. The Labute approximate surface area is 189 Å². The summed E-state index contributed by atoms with van der Waals surface area (Å²) in [5.74, 6) is -2.32. The quantitative estimate of drug-likeness (QED) is 0.370. The minimum Gasteiger partial charge on any atom is -0.489 e. The first kappa shape index (κ1) is 25.6. The number of carboxylic acid groups (broad SMARTS) is 2. The highest BCUT2D eigenvalue weighted by molar-refractivity contribution is 6.02. The van der Waals surface area contributed by atoms with Crippen LogP contribution in [0.4, 0.5) is 5.69 Å². The fourth-order valence-corrected chi connectivity index (χ4v) is 3.94. The second kappa shape index (κ2) is 13.0. The Balaban J connectivity index is 2.01. The molecule has 9 heteroatoms. The highest BCUT2D eigenvalue weighted by atomic mass is 16.5. The van der Waals surface area contributed by atoms with E-state index in [2.05, 4.69) is 24.1 Å². The van der Waals surface area contributed by atoms with Gasteiger partial charge in [-0.05, 0) is 57.5 Å². The zero-order valence-electron chi connectivity index (χ0n) is 19.0. The van der Waals surface area contributed by atoms with Gasteiger partial charge in [-0.1, -0.05) is 32.4 Å². The molecule has 0 saturated carbocycles. The fraction of sp³-hybridized carbons (Fsp3) is 0.609. The van der Waals surface area contributed by atoms with E-state index in [0.717, 1.165) is 43.8 Å². The van der Waals surface area contributed by atoms with Crippen LogP contribution in [0.5, 0.6) is 5.75 Å². The molecule has 178 valence electrons. The molecular formula is C23H35N3O6. The summed E-state index contributed by atoms with van der Waals surface area (Å²) < 4.78 is 5.72. The van der Waals surface area contributed by atoms with Crippen molar-refractivity contribution < 1.29 is 29.3 Å². The number of rotatable bonds is 14. The average molecular weight is 450 g/mol. The van der Waals surface area contributed by atoms with Gasteiger partial charge < -0.3 is 19.8 Å². The highest BCUT2D eigenvalue weighted by Gasteiger charge is 2.35. The molecule has 1 unspecified atom stereocenters. The Morgan fingerprint density at radius 1 is 1.16 bits per heavy atom. The topological polar surface area (TPSA) is 119 Å². The number of hydrogen-bond acceptors (Lipinski definition) is 6. The first-order chi connectivity index (χ1) is 15.4. The average Bonchev–Trinajstić information content (AvgIpc) is 2.87. The molecule has 0 radical (unpaired) electrons. The van der Waals surface area contributed by atoms with Crippen LogP contribution >= 0.6 is 0 Å². The number of carbonyl (C=O) groups excluding carboxylic acids is 1. The van der Waals surface area contributed by atoms with E-state index in [1.54, 1.807) is 24.3 Å². The Kier molecular flexibility index (Phi) is 10.4. The van der Waals surface area contributed by atoms with Crippen LogP contribution in [0.3, 0.4) is 0 Å². The predicted octanol–water partition coefficient (Wildman–Crippen LogP) is 2.20. The molecule has 0 fully saturated rings. The third-order valence-electron chi connectivity index (χ3n) is 5.42. The number of anilines is 1. The highest BCUT2D eigenvalue weighted by Crippen LogP contribution is 2.31. The lowest BCUT2D eigenvalue weighted by atomic mass is 10.1. The number of benzene rings is 1. The molecule has 2 atom stereocenters. The first-order valence-corrected chi connectivity index (χ1v) is 11.3. The van der Waals surface area contributed by atoms with Crippen LogP contribution in [-0.2, 0) is 14.4 Å². The maximum Gasteiger partial charge on any atom is 0.323 e. The summed E-state index contributed by atoms with van der Waals surface area (Å²) in [4.78, 5) is 39.8. The molecule has 1 heterocycles. The fourth-order valence-electron chi connectivity index (χ4n) is 3.94. The zero-order valence-corrected chi connectivity index (χ0v) is 19.0. The molecule has 32 heavy (non-hydrogen) atoms. The lowest BCUT2D eigenvalue weighted by Crippen LogP contribution is -2.54. The number of nitrogens with zero attached hydrogens (tertiary/aromatic N) is 2. The molecule has 0 saturated heterocycles. The standard InChI is InChI=1S/C23H35N3O6/c1-3-12-25(13-4-2)14-8-7-9-17(23(30)31)24-18-16-32-20-11-6-5-10-19(20)26(22(18)29)15-21(27)28/h5-6,10-11,17-18,24H,3-4,7-9,12-16H2,1-2H3,(H,27,28)(H,30,31)/t17?,18-/m0/s1. The molecule has 3 N–H and O–H groups in total. The van der Waals surface area contributed by atoms with Crippen molar-refractivity contribution in [1.29, 1.82) is 0 Å². The number of ether oxygens (including phenoxy) is 1. The normalized spacial score (nSPS) is 16.9. The van der Waals surface area contributed by atoms with E-state index in [-0.39, 0.29) is 6.61 Å². The van der Waals surface area contributed by atoms with E-state index in [4.69, 9.17) is 4.74 Å². The third kappa shape index (κ3) is 7.49. The van der Waals surface area contributed by atoms with Gasteiger partial charge in [0.1, 0.15) is 31.0 Å². The summed E-state index contributed by atoms with van der Waals surface area (Å²) in [6.07, 6.45) is 4.11. The molecule has 1 aliphatic heterocycles. The first-order valence-electron chi connectivity index (χ1n) is 11.3. The molecule has 1 aliphatic rings. The van der Waals surface area contributed by atoms with Crippen LogP contribution in [0.1, 0.15) is 46.0 Å². The predicted molar refractivity (Wildman–Crippen MR) is 121 cm³/mol. The van der Waals surface area contributed by atoms with E-state index in [9.17, 15) is 24.6 Å². The van der Waals surface area contributed by atoms with E-state index in [1.807, 2.05) is 0 Å². The minimum absolute atomic E-state index is 0.0729. The van der Waals surface area contributed by atoms with E-state index < -0.39 is 36.5 Å². The monoisotopic (exact) mass is 449 g/mol. The lowest BCUT2D eigenvalue weighted by Gasteiger charge is -2.25. The molecule has 1 aromatic rings. The van der Waals surface area contributed by atoms with Crippen LogP contribution in [-0.4, -0.2) is 77.8 Å². The number of unbranched alkanes of at least 4 members (excludes halogenated alkanes) is 1. The van der Waals surface area contributed by atoms with Gasteiger partial charge in [-0.25, -0.2) is 0 Å². The van der Waals surface area contributed by atoms with Gasteiger partial charge >= 0.3 is 11.9 Å². The second-order valence-corrected chi connectivity index (χ2v) is 8.04. The summed E-state index contributed by atoms with van der Waals surface area (Å²) in [5.41, 5.74) is 0.364. The van der Waals surface area contributed by atoms with Gasteiger partial charge in [-0.2, -0.15) is 0 Å². The molecule has 0 spiro atoms. The zero-order chi connectivity index (χ0) is 23.5. The summed E-state index contributed by atoms with van der Waals surface area (Å²) in [6.45, 7) is 6.66.